The molecule has 0 fully saturated rings. The number of cyclic esters (lactones) is 1. The predicted molar refractivity (Wildman–Crippen MR) is 157 cm³/mol. The van der Waals surface area contributed by atoms with Gasteiger partial charge in [0.05, 0.1) is 5.56 Å². The lowest BCUT2D eigenvalue weighted by Crippen LogP contribution is -2.49. The molecule has 0 saturated heterocycles. The zero-order valence-electron chi connectivity index (χ0n) is 23.3. The van der Waals surface area contributed by atoms with Crippen LogP contribution >= 0.6 is 0 Å². The highest BCUT2D eigenvalue weighted by Crippen LogP contribution is 2.46. The molecule has 2 atom stereocenters. The third-order valence-corrected chi connectivity index (χ3v) is 8.14. The van der Waals surface area contributed by atoms with E-state index in [-0.39, 0.29) is 17.9 Å². The molecule has 2 heterocycles. The van der Waals surface area contributed by atoms with Crippen LogP contribution in [0.2, 0.25) is 0 Å². The van der Waals surface area contributed by atoms with Crippen LogP contribution in [0.3, 0.4) is 0 Å². The number of aromatic carboxylic acids is 1. The molecule has 42 heavy (non-hydrogen) atoms. The highest BCUT2D eigenvalue weighted by atomic mass is 19.1. The fourth-order valence-corrected chi connectivity index (χ4v) is 6.01. The molecule has 1 amide bonds. The van der Waals surface area contributed by atoms with E-state index in [2.05, 4.69) is 0 Å². The molecule has 214 valence electrons. The maximum absolute atomic E-state index is 14.2. The molecule has 1 unspecified atom stereocenters. The summed E-state index contributed by atoms with van der Waals surface area (Å²) in [5.41, 5.74) is 8.26. The minimum Gasteiger partial charge on any atom is -0.478 e. The van der Waals surface area contributed by atoms with Crippen LogP contribution in [-0.2, 0) is 21.4 Å². The summed E-state index contributed by atoms with van der Waals surface area (Å²) in [7, 11) is 0. The Balaban J connectivity index is 1.82. The smallest absolute Gasteiger partial charge is 0.337 e. The van der Waals surface area contributed by atoms with E-state index in [1.807, 2.05) is 44.2 Å². The van der Waals surface area contributed by atoms with Gasteiger partial charge in [0, 0.05) is 53.0 Å². The molecule has 0 spiro atoms. The van der Waals surface area contributed by atoms with E-state index in [0.29, 0.717) is 34.5 Å². The number of ether oxygens (including phenoxy) is 1. The van der Waals surface area contributed by atoms with E-state index in [9.17, 15) is 23.9 Å². The van der Waals surface area contributed by atoms with Crippen molar-refractivity contribution in [1.29, 1.82) is 0 Å². The second kappa shape index (κ2) is 11.5. The number of hydrogen-bond acceptors (Lipinski definition) is 4. The van der Waals surface area contributed by atoms with Gasteiger partial charge in [-0.1, -0.05) is 62.4 Å². The standard InChI is InChI=1S/C34H31FN2O5/c1-21(2)34(24-13-15-25(35)16-14-24,29-9-6-10-30(38)42-29)19-28-31(22-7-4-3-5-8-22)27(33(40)41)20-37(28)26-17-11-23(12-18-26)32(36)39/h3-8,10-18,20-21,29H,9,19H2,1-2H3,(H2,36,39)(H,40,41)/t29-,34?/m0/s1. The monoisotopic (exact) mass is 566 g/mol. The van der Waals surface area contributed by atoms with Gasteiger partial charge in [-0.25, -0.2) is 14.0 Å². The van der Waals surface area contributed by atoms with Crippen LogP contribution in [0.4, 0.5) is 4.39 Å². The Kier molecular flexibility index (Phi) is 7.81. The number of aromatic nitrogens is 1. The van der Waals surface area contributed by atoms with E-state index in [1.165, 1.54) is 18.2 Å². The average molecular weight is 567 g/mol. The fourth-order valence-electron chi connectivity index (χ4n) is 6.01. The van der Waals surface area contributed by atoms with Gasteiger partial charge in [-0.05, 0) is 53.4 Å². The van der Waals surface area contributed by atoms with Crippen LogP contribution < -0.4 is 5.73 Å². The number of primary amides is 1. The van der Waals surface area contributed by atoms with Gasteiger partial charge in [-0.3, -0.25) is 4.79 Å². The second-order valence-electron chi connectivity index (χ2n) is 10.8. The van der Waals surface area contributed by atoms with Gasteiger partial charge in [0.25, 0.3) is 0 Å². The second-order valence-corrected chi connectivity index (χ2v) is 10.8. The summed E-state index contributed by atoms with van der Waals surface area (Å²) in [5, 5.41) is 10.4. The lowest BCUT2D eigenvalue weighted by molar-refractivity contribution is -0.149. The normalized spacial score (nSPS) is 16.2. The van der Waals surface area contributed by atoms with Crippen molar-refractivity contribution in [3.63, 3.8) is 0 Å². The number of rotatable bonds is 9. The third-order valence-electron chi connectivity index (χ3n) is 8.14. The number of esters is 1. The summed E-state index contributed by atoms with van der Waals surface area (Å²) >= 11 is 0. The van der Waals surface area contributed by atoms with Gasteiger partial charge in [0.1, 0.15) is 11.9 Å². The molecule has 8 heteroatoms. The first-order valence-electron chi connectivity index (χ1n) is 13.7. The Bertz CT molecular complexity index is 1660. The van der Waals surface area contributed by atoms with Crippen LogP contribution in [0.5, 0.6) is 0 Å². The quantitative estimate of drug-likeness (QED) is 0.238. The summed E-state index contributed by atoms with van der Waals surface area (Å²) in [6, 6.07) is 22.0. The van der Waals surface area contributed by atoms with Crippen molar-refractivity contribution in [3.05, 3.63) is 125 Å². The van der Waals surface area contributed by atoms with Crippen molar-refractivity contribution < 1.29 is 28.6 Å². The molecule has 1 aromatic heterocycles. The van der Waals surface area contributed by atoms with Gasteiger partial charge in [-0.2, -0.15) is 0 Å². The summed E-state index contributed by atoms with van der Waals surface area (Å²) < 4.78 is 21.9. The van der Waals surface area contributed by atoms with E-state index in [4.69, 9.17) is 10.5 Å². The van der Waals surface area contributed by atoms with E-state index in [1.54, 1.807) is 53.2 Å². The molecular formula is C34H31FN2O5. The molecule has 3 aromatic carbocycles. The molecule has 3 N–H and O–H groups in total. The number of carbonyl (C=O) groups is 3. The molecule has 1 aliphatic heterocycles. The molecule has 0 bridgehead atoms. The highest BCUT2D eigenvalue weighted by molar-refractivity contribution is 5.97. The molecule has 0 aliphatic carbocycles. The lowest BCUT2D eigenvalue weighted by atomic mass is 9.63. The number of carboxylic acid groups (broad SMARTS) is 1. The Morgan fingerprint density at radius 2 is 1.71 bits per heavy atom. The minimum absolute atomic E-state index is 0.0903. The molecular weight excluding hydrogens is 535 g/mol. The first kappa shape index (κ1) is 28.5. The first-order valence-corrected chi connectivity index (χ1v) is 13.7. The average Bonchev–Trinajstić information content (AvgIpc) is 3.36. The molecule has 4 aromatic rings. The minimum atomic E-state index is -1.11. The third kappa shape index (κ3) is 5.23. The topological polar surface area (TPSA) is 112 Å². The van der Waals surface area contributed by atoms with Gasteiger partial charge >= 0.3 is 11.9 Å². The van der Waals surface area contributed by atoms with Crippen molar-refractivity contribution in [2.45, 2.75) is 38.2 Å². The van der Waals surface area contributed by atoms with E-state index in [0.717, 1.165) is 5.56 Å². The fraction of sp³-hybridized carbons (Fsp3) is 0.206. The van der Waals surface area contributed by atoms with Crippen molar-refractivity contribution in [3.8, 4) is 16.8 Å². The van der Waals surface area contributed by atoms with Crippen LogP contribution in [0.25, 0.3) is 16.8 Å². The summed E-state index contributed by atoms with van der Waals surface area (Å²) in [5.74, 6) is -2.68. The van der Waals surface area contributed by atoms with Crippen LogP contribution in [0.1, 0.15) is 52.2 Å². The van der Waals surface area contributed by atoms with Crippen molar-refractivity contribution in [1.82, 2.24) is 4.57 Å². The molecule has 5 rings (SSSR count). The van der Waals surface area contributed by atoms with Gasteiger partial charge in [-0.15, -0.1) is 0 Å². The number of halogens is 1. The maximum atomic E-state index is 14.2. The Labute approximate surface area is 243 Å². The van der Waals surface area contributed by atoms with Gasteiger partial charge in [0.15, 0.2) is 0 Å². The van der Waals surface area contributed by atoms with Crippen LogP contribution in [0, 0.1) is 11.7 Å². The van der Waals surface area contributed by atoms with Crippen LogP contribution in [-0.4, -0.2) is 33.6 Å². The van der Waals surface area contributed by atoms with E-state index < -0.39 is 35.2 Å². The summed E-state index contributed by atoms with van der Waals surface area (Å²) in [6.45, 7) is 4.04. The van der Waals surface area contributed by atoms with Crippen molar-refractivity contribution >= 4 is 17.8 Å². The Morgan fingerprint density at radius 3 is 2.29 bits per heavy atom. The molecule has 7 nitrogen and oxygen atoms in total. The number of benzene rings is 3. The van der Waals surface area contributed by atoms with Crippen molar-refractivity contribution in [2.24, 2.45) is 11.7 Å². The number of amides is 1. The SMILES string of the molecule is CC(C)C(Cc1c(-c2ccccc2)c(C(=O)O)cn1-c1ccc(C(N)=O)cc1)(c1ccc(F)cc1)[C@@H]1CC=CC(=O)O1. The van der Waals surface area contributed by atoms with Crippen LogP contribution in [0.15, 0.2) is 97.2 Å². The number of hydrogen-bond donors (Lipinski definition) is 2. The molecule has 0 radical (unpaired) electrons. The zero-order chi connectivity index (χ0) is 30.0. The summed E-state index contributed by atoms with van der Waals surface area (Å²) in [4.78, 5) is 37.0. The zero-order valence-corrected chi connectivity index (χ0v) is 23.3. The van der Waals surface area contributed by atoms with Gasteiger partial charge in [0.2, 0.25) is 5.91 Å². The Hall–Kier alpha value is -4.98. The predicted octanol–water partition coefficient (Wildman–Crippen LogP) is 6.09. The number of nitrogens with two attached hydrogens (primary N) is 1. The van der Waals surface area contributed by atoms with Crippen molar-refractivity contribution in [2.75, 3.05) is 0 Å². The van der Waals surface area contributed by atoms with Gasteiger partial charge < -0.3 is 20.1 Å². The number of nitrogens with zero attached hydrogens (tertiary/aromatic N) is 1. The number of carboxylic acids is 1. The number of carbonyl (C=O) groups excluding carboxylic acids is 2. The maximum Gasteiger partial charge on any atom is 0.337 e. The lowest BCUT2D eigenvalue weighted by Gasteiger charge is -2.45. The largest absolute Gasteiger partial charge is 0.478 e. The first-order chi connectivity index (χ1) is 20.1. The highest BCUT2D eigenvalue weighted by Gasteiger charge is 2.47. The molecule has 0 saturated carbocycles. The Morgan fingerprint density at radius 1 is 1.05 bits per heavy atom. The summed E-state index contributed by atoms with van der Waals surface area (Å²) in [6.07, 6.45) is 4.81. The van der Waals surface area contributed by atoms with E-state index >= 15 is 0 Å². The molecule has 1 aliphatic rings.